The first-order chi connectivity index (χ1) is 12.1. The topological polar surface area (TPSA) is 75.7 Å². The van der Waals surface area contributed by atoms with Crippen molar-refractivity contribution in [2.45, 2.75) is 10.5 Å². The van der Waals surface area contributed by atoms with E-state index in [4.69, 9.17) is 23.2 Å². The second-order valence-electron chi connectivity index (χ2n) is 5.00. The zero-order valence-corrected chi connectivity index (χ0v) is 14.8. The standard InChI is InChI=1S/C15H7Cl2F3N3O2S/c16-8-3-4-9(11(17)6-8)13-10(2-1-5-21-13)14-22-7-12(23-14)26(24,25)15(18,19)20/h1-4,6-7H,(H,22,23). The van der Waals surface area contributed by atoms with Gasteiger partial charge in [-0.25, -0.2) is 18.4 Å². The fourth-order valence-electron chi connectivity index (χ4n) is 2.14. The Morgan fingerprint density at radius 2 is 1.85 bits per heavy atom. The van der Waals surface area contributed by atoms with Crippen molar-refractivity contribution in [2.24, 2.45) is 0 Å². The molecule has 1 aromatic carbocycles. The molecule has 0 atom stereocenters. The number of pyridine rings is 1. The highest BCUT2D eigenvalue weighted by Gasteiger charge is 2.48. The number of imidazole rings is 1. The molecule has 0 unspecified atom stereocenters. The van der Waals surface area contributed by atoms with Gasteiger partial charge in [0, 0.05) is 22.3 Å². The molecule has 0 bridgehead atoms. The lowest BCUT2D eigenvalue weighted by atomic mass is 10.1. The van der Waals surface area contributed by atoms with E-state index in [1.807, 2.05) is 0 Å². The molecular formula is C15H7Cl2F3N3O2S. The number of sulfone groups is 1. The zero-order valence-electron chi connectivity index (χ0n) is 12.5. The highest BCUT2D eigenvalue weighted by atomic mass is 35.5. The lowest BCUT2D eigenvalue weighted by Crippen LogP contribution is -2.23. The highest BCUT2D eigenvalue weighted by Crippen LogP contribution is 2.36. The summed E-state index contributed by atoms with van der Waals surface area (Å²) in [6, 6.07) is 7.47. The van der Waals surface area contributed by atoms with Gasteiger partial charge in [-0.15, -0.1) is 0 Å². The summed E-state index contributed by atoms with van der Waals surface area (Å²) in [4.78, 5) is 10.0. The van der Waals surface area contributed by atoms with Crippen LogP contribution in [-0.4, -0.2) is 28.9 Å². The van der Waals surface area contributed by atoms with Gasteiger partial charge in [0.15, 0.2) is 5.03 Å². The Balaban J connectivity index is 2.13. The Bertz CT molecular complexity index is 1080. The second kappa shape index (κ2) is 6.57. The van der Waals surface area contributed by atoms with E-state index in [-0.39, 0.29) is 22.1 Å². The molecule has 0 aliphatic rings. The summed E-state index contributed by atoms with van der Waals surface area (Å²) in [5.74, 6) is -0.115. The first-order valence-corrected chi connectivity index (χ1v) is 9.05. The molecule has 0 saturated heterocycles. The molecule has 0 saturated carbocycles. The predicted molar refractivity (Wildman–Crippen MR) is 89.4 cm³/mol. The van der Waals surface area contributed by atoms with Crippen LogP contribution in [0, 0.1) is 6.20 Å². The molecule has 0 fully saturated rings. The van der Waals surface area contributed by atoms with Crippen LogP contribution in [0.3, 0.4) is 0 Å². The average molecular weight is 421 g/mol. The van der Waals surface area contributed by atoms with Gasteiger partial charge in [0.05, 0.1) is 16.9 Å². The third-order valence-corrected chi connectivity index (χ3v) is 5.25. The van der Waals surface area contributed by atoms with Gasteiger partial charge in [-0.3, -0.25) is 0 Å². The first kappa shape index (κ1) is 18.7. The van der Waals surface area contributed by atoms with Gasteiger partial charge in [0.1, 0.15) is 5.82 Å². The maximum absolute atomic E-state index is 12.7. The molecule has 3 aromatic rings. The summed E-state index contributed by atoms with van der Waals surface area (Å²) in [6.45, 7) is 0. The van der Waals surface area contributed by atoms with E-state index in [0.29, 0.717) is 16.8 Å². The van der Waals surface area contributed by atoms with Gasteiger partial charge in [-0.1, -0.05) is 23.2 Å². The molecule has 135 valence electrons. The smallest absolute Gasteiger partial charge is 0.343 e. The van der Waals surface area contributed by atoms with E-state index in [0.717, 1.165) is 0 Å². The third-order valence-electron chi connectivity index (χ3n) is 3.33. The van der Waals surface area contributed by atoms with Gasteiger partial charge in [-0.05, 0) is 30.3 Å². The number of benzene rings is 1. The number of hydrogen-bond donors (Lipinski definition) is 1. The van der Waals surface area contributed by atoms with E-state index < -0.39 is 20.4 Å². The third kappa shape index (κ3) is 3.29. The normalized spacial score (nSPS) is 12.3. The van der Waals surface area contributed by atoms with Crippen molar-refractivity contribution in [1.29, 1.82) is 0 Å². The van der Waals surface area contributed by atoms with Crippen molar-refractivity contribution in [1.82, 2.24) is 15.0 Å². The van der Waals surface area contributed by atoms with Crippen LogP contribution in [0.2, 0.25) is 10.0 Å². The van der Waals surface area contributed by atoms with Gasteiger partial charge in [0.2, 0.25) is 0 Å². The Morgan fingerprint density at radius 3 is 2.50 bits per heavy atom. The Labute approximate surface area is 155 Å². The Kier molecular flexibility index (Phi) is 4.72. The molecular weight excluding hydrogens is 414 g/mol. The van der Waals surface area contributed by atoms with Crippen LogP contribution in [0.25, 0.3) is 22.6 Å². The quantitative estimate of drug-likeness (QED) is 0.674. The van der Waals surface area contributed by atoms with Crippen LogP contribution in [-0.2, 0) is 9.84 Å². The van der Waals surface area contributed by atoms with Crippen molar-refractivity contribution in [2.75, 3.05) is 0 Å². The number of alkyl halides is 3. The fraction of sp³-hybridized carbons (Fsp3) is 0.0667. The van der Waals surface area contributed by atoms with E-state index in [2.05, 4.69) is 21.1 Å². The molecule has 11 heteroatoms. The summed E-state index contributed by atoms with van der Waals surface area (Å²) in [5.41, 5.74) is -4.53. The molecule has 0 amide bonds. The Morgan fingerprint density at radius 1 is 1.12 bits per heavy atom. The predicted octanol–water partition coefficient (Wildman–Crippen LogP) is 4.54. The summed E-state index contributed by atoms with van der Waals surface area (Å²) in [6.07, 6.45) is 3.26. The summed E-state index contributed by atoms with van der Waals surface area (Å²) in [5, 5.41) is -0.502. The first-order valence-electron chi connectivity index (χ1n) is 6.81. The zero-order chi connectivity index (χ0) is 19.1. The number of nitrogens with zero attached hydrogens (tertiary/aromatic N) is 2. The van der Waals surface area contributed by atoms with Gasteiger partial charge < -0.3 is 4.98 Å². The number of H-pyrrole nitrogens is 1. The number of hydrogen-bond acceptors (Lipinski definition) is 4. The van der Waals surface area contributed by atoms with Gasteiger partial charge in [0.25, 0.3) is 9.84 Å². The molecule has 3 rings (SSSR count). The van der Waals surface area contributed by atoms with Crippen molar-refractivity contribution in [3.8, 4) is 22.6 Å². The van der Waals surface area contributed by atoms with E-state index in [1.165, 1.54) is 18.2 Å². The van der Waals surface area contributed by atoms with Crippen LogP contribution >= 0.6 is 23.2 Å². The molecule has 2 aromatic heterocycles. The van der Waals surface area contributed by atoms with E-state index in [9.17, 15) is 21.6 Å². The number of aromatic nitrogens is 3. The average Bonchev–Trinajstić information content (AvgIpc) is 3.04. The van der Waals surface area contributed by atoms with Gasteiger partial charge >= 0.3 is 5.51 Å². The van der Waals surface area contributed by atoms with E-state index in [1.54, 1.807) is 12.1 Å². The second-order valence-corrected chi connectivity index (χ2v) is 7.73. The molecule has 0 aliphatic carbocycles. The fourth-order valence-corrected chi connectivity index (χ4v) is 3.30. The van der Waals surface area contributed by atoms with E-state index >= 15 is 0 Å². The number of rotatable bonds is 3. The van der Waals surface area contributed by atoms with Gasteiger partial charge in [-0.2, -0.15) is 13.2 Å². The van der Waals surface area contributed by atoms with Crippen molar-refractivity contribution < 1.29 is 21.6 Å². The van der Waals surface area contributed by atoms with Crippen molar-refractivity contribution >= 4 is 33.0 Å². The lowest BCUT2D eigenvalue weighted by molar-refractivity contribution is -0.0437. The number of nitrogens with one attached hydrogen (secondary N) is 1. The lowest BCUT2D eigenvalue weighted by Gasteiger charge is -2.08. The Hall–Kier alpha value is -2.10. The molecule has 5 nitrogen and oxygen atoms in total. The largest absolute Gasteiger partial charge is 0.503 e. The monoisotopic (exact) mass is 420 g/mol. The SMILES string of the molecule is O=S(=O)(c1c[nH]c(-c2cc[c]nc2-c2ccc(Cl)cc2Cl)n1)C(F)(F)F. The summed E-state index contributed by atoms with van der Waals surface area (Å²) in [7, 11) is -5.57. The molecule has 1 N–H and O–H groups in total. The summed E-state index contributed by atoms with van der Waals surface area (Å²) < 4.78 is 61.0. The highest BCUT2D eigenvalue weighted by molar-refractivity contribution is 7.92. The van der Waals surface area contributed by atoms with Crippen molar-refractivity contribution in [3.63, 3.8) is 0 Å². The number of aromatic amines is 1. The van der Waals surface area contributed by atoms with Crippen LogP contribution in [0.15, 0.2) is 41.6 Å². The molecule has 1 radical (unpaired) electrons. The minimum atomic E-state index is -5.57. The minimum Gasteiger partial charge on any atom is -0.343 e. The molecule has 26 heavy (non-hydrogen) atoms. The molecule has 2 heterocycles. The van der Waals surface area contributed by atoms with Crippen LogP contribution in [0.4, 0.5) is 13.2 Å². The maximum Gasteiger partial charge on any atom is 0.503 e. The van der Waals surface area contributed by atoms with Crippen molar-refractivity contribution in [3.05, 3.63) is 52.8 Å². The maximum atomic E-state index is 12.7. The van der Waals surface area contributed by atoms with Crippen LogP contribution in [0.1, 0.15) is 0 Å². The number of halogens is 5. The van der Waals surface area contributed by atoms with Crippen LogP contribution < -0.4 is 0 Å². The van der Waals surface area contributed by atoms with Crippen LogP contribution in [0.5, 0.6) is 0 Å². The molecule has 0 aliphatic heterocycles. The molecule has 0 spiro atoms. The summed E-state index contributed by atoms with van der Waals surface area (Å²) >= 11 is 12.0. The minimum absolute atomic E-state index is 0.115.